The summed E-state index contributed by atoms with van der Waals surface area (Å²) in [6.45, 7) is 4.45. The molecule has 4 nitrogen and oxygen atoms in total. The van der Waals surface area contributed by atoms with Gasteiger partial charge in [0.25, 0.3) is 0 Å². The molecule has 1 aromatic carbocycles. The summed E-state index contributed by atoms with van der Waals surface area (Å²) >= 11 is 0. The molecule has 0 atom stereocenters. The Hall–Kier alpha value is -1.71. The topological polar surface area (TPSA) is 64.3 Å². The highest BCUT2D eigenvalue weighted by Gasteiger charge is 2.19. The van der Waals surface area contributed by atoms with Crippen molar-refractivity contribution in [3.63, 3.8) is 0 Å². The number of carbonyl (C=O) groups is 1. The highest BCUT2D eigenvalue weighted by Crippen LogP contribution is 2.27. The standard InChI is InChI=1S/C16H24N2O2/c1-3-20-16(19)14-10-13(8-9-15(14)17)18-12-6-4-11(2)5-7-12/h8-12,18H,3-7,17H2,1-2H3. The van der Waals surface area contributed by atoms with Crippen LogP contribution >= 0.6 is 0 Å². The first-order chi connectivity index (χ1) is 9.60. The quantitative estimate of drug-likeness (QED) is 0.653. The van der Waals surface area contributed by atoms with Crippen LogP contribution in [0.3, 0.4) is 0 Å². The molecule has 20 heavy (non-hydrogen) atoms. The van der Waals surface area contributed by atoms with Crippen molar-refractivity contribution in [3.05, 3.63) is 23.8 Å². The van der Waals surface area contributed by atoms with E-state index in [1.54, 1.807) is 19.1 Å². The predicted octanol–water partition coefficient (Wildman–Crippen LogP) is 3.44. The summed E-state index contributed by atoms with van der Waals surface area (Å²) in [6.07, 6.45) is 4.88. The third kappa shape index (κ3) is 3.65. The highest BCUT2D eigenvalue weighted by molar-refractivity contribution is 5.96. The fourth-order valence-electron chi connectivity index (χ4n) is 2.67. The maximum Gasteiger partial charge on any atom is 0.340 e. The summed E-state index contributed by atoms with van der Waals surface area (Å²) < 4.78 is 5.02. The summed E-state index contributed by atoms with van der Waals surface area (Å²) in [7, 11) is 0. The number of esters is 1. The van der Waals surface area contributed by atoms with Crippen molar-refractivity contribution in [2.75, 3.05) is 17.7 Å². The lowest BCUT2D eigenvalue weighted by Crippen LogP contribution is -2.25. The molecule has 0 heterocycles. The first kappa shape index (κ1) is 14.7. The van der Waals surface area contributed by atoms with Crippen molar-refractivity contribution < 1.29 is 9.53 Å². The molecule has 1 aliphatic rings. The van der Waals surface area contributed by atoms with Crippen molar-refractivity contribution in [2.24, 2.45) is 5.92 Å². The molecule has 3 N–H and O–H groups in total. The summed E-state index contributed by atoms with van der Waals surface area (Å²) in [5, 5.41) is 3.50. The van der Waals surface area contributed by atoms with Gasteiger partial charge in [-0.1, -0.05) is 6.92 Å². The van der Waals surface area contributed by atoms with Crippen LogP contribution in [-0.2, 0) is 4.74 Å². The van der Waals surface area contributed by atoms with Gasteiger partial charge in [0.15, 0.2) is 0 Å². The van der Waals surface area contributed by atoms with Gasteiger partial charge >= 0.3 is 5.97 Å². The Morgan fingerprint density at radius 1 is 1.35 bits per heavy atom. The number of hydrogen-bond donors (Lipinski definition) is 2. The van der Waals surface area contributed by atoms with Gasteiger partial charge in [0.1, 0.15) is 0 Å². The maximum absolute atomic E-state index is 11.8. The number of ether oxygens (including phenoxy) is 1. The van der Waals surface area contributed by atoms with Crippen LogP contribution in [0.4, 0.5) is 11.4 Å². The Bertz CT molecular complexity index is 466. The van der Waals surface area contributed by atoms with Gasteiger partial charge in [0, 0.05) is 17.4 Å². The molecule has 0 unspecified atom stereocenters. The molecule has 0 radical (unpaired) electrons. The van der Waals surface area contributed by atoms with Crippen LogP contribution in [0.25, 0.3) is 0 Å². The van der Waals surface area contributed by atoms with Gasteiger partial charge in [-0.05, 0) is 56.7 Å². The SMILES string of the molecule is CCOC(=O)c1cc(NC2CCC(C)CC2)ccc1N. The molecule has 0 aliphatic heterocycles. The van der Waals surface area contributed by atoms with Gasteiger partial charge in [-0.3, -0.25) is 0 Å². The van der Waals surface area contributed by atoms with Crippen LogP contribution in [0, 0.1) is 5.92 Å². The maximum atomic E-state index is 11.8. The Balaban J connectivity index is 2.05. The first-order valence-corrected chi connectivity index (χ1v) is 7.43. The Kier molecular flexibility index (Phi) is 4.88. The van der Waals surface area contributed by atoms with Gasteiger partial charge in [-0.15, -0.1) is 0 Å². The Labute approximate surface area is 120 Å². The van der Waals surface area contributed by atoms with Crippen LogP contribution in [0.15, 0.2) is 18.2 Å². The van der Waals surface area contributed by atoms with Gasteiger partial charge in [0.05, 0.1) is 12.2 Å². The fourth-order valence-corrected chi connectivity index (χ4v) is 2.67. The normalized spacial score (nSPS) is 22.3. The van der Waals surface area contributed by atoms with Crippen LogP contribution < -0.4 is 11.1 Å². The second kappa shape index (κ2) is 6.64. The van der Waals surface area contributed by atoms with Gasteiger partial charge in [-0.2, -0.15) is 0 Å². The third-order valence-electron chi connectivity index (χ3n) is 3.94. The fraction of sp³-hybridized carbons (Fsp3) is 0.562. The molecule has 2 rings (SSSR count). The van der Waals surface area contributed by atoms with Crippen molar-refractivity contribution in [1.82, 2.24) is 0 Å². The molecule has 4 heteroatoms. The van der Waals surface area contributed by atoms with Crippen molar-refractivity contribution in [1.29, 1.82) is 0 Å². The minimum atomic E-state index is -0.356. The summed E-state index contributed by atoms with van der Waals surface area (Å²) in [5.74, 6) is 0.473. The number of anilines is 2. The number of hydrogen-bond acceptors (Lipinski definition) is 4. The number of carbonyl (C=O) groups excluding carboxylic acids is 1. The lowest BCUT2D eigenvalue weighted by atomic mass is 9.87. The summed E-state index contributed by atoms with van der Waals surface area (Å²) in [6, 6.07) is 5.98. The highest BCUT2D eigenvalue weighted by atomic mass is 16.5. The number of nitrogens with one attached hydrogen (secondary N) is 1. The molecule has 1 fully saturated rings. The van der Waals surface area contributed by atoms with E-state index >= 15 is 0 Å². The van der Waals surface area contributed by atoms with E-state index in [2.05, 4.69) is 12.2 Å². The van der Waals surface area contributed by atoms with Crippen molar-refractivity contribution in [3.8, 4) is 0 Å². The second-order valence-corrected chi connectivity index (χ2v) is 5.62. The zero-order valence-electron chi connectivity index (χ0n) is 12.3. The third-order valence-corrected chi connectivity index (χ3v) is 3.94. The number of benzene rings is 1. The Morgan fingerprint density at radius 2 is 2.05 bits per heavy atom. The van der Waals surface area contributed by atoms with Crippen LogP contribution in [0.2, 0.25) is 0 Å². The van der Waals surface area contributed by atoms with E-state index in [0.29, 0.717) is 23.9 Å². The Morgan fingerprint density at radius 3 is 2.70 bits per heavy atom. The average molecular weight is 276 g/mol. The smallest absolute Gasteiger partial charge is 0.340 e. The van der Waals surface area contributed by atoms with E-state index in [9.17, 15) is 4.79 Å². The molecule has 0 amide bonds. The lowest BCUT2D eigenvalue weighted by Gasteiger charge is -2.28. The first-order valence-electron chi connectivity index (χ1n) is 7.43. The monoisotopic (exact) mass is 276 g/mol. The summed E-state index contributed by atoms with van der Waals surface area (Å²) in [4.78, 5) is 11.8. The van der Waals surface area contributed by atoms with Crippen molar-refractivity contribution in [2.45, 2.75) is 45.6 Å². The molecule has 0 saturated heterocycles. The van der Waals surface area contributed by atoms with Gasteiger partial charge in [-0.25, -0.2) is 4.79 Å². The van der Waals surface area contributed by atoms with Crippen LogP contribution in [-0.4, -0.2) is 18.6 Å². The minimum Gasteiger partial charge on any atom is -0.462 e. The van der Waals surface area contributed by atoms with Crippen molar-refractivity contribution >= 4 is 17.3 Å². The van der Waals surface area contributed by atoms with E-state index in [1.807, 2.05) is 6.07 Å². The molecule has 1 aromatic rings. The second-order valence-electron chi connectivity index (χ2n) is 5.62. The van der Waals surface area contributed by atoms with E-state index in [0.717, 1.165) is 11.6 Å². The van der Waals surface area contributed by atoms with E-state index in [1.165, 1.54) is 25.7 Å². The predicted molar refractivity (Wildman–Crippen MR) is 81.9 cm³/mol. The van der Waals surface area contributed by atoms with E-state index < -0.39 is 0 Å². The molecular weight excluding hydrogens is 252 g/mol. The van der Waals surface area contributed by atoms with E-state index in [-0.39, 0.29) is 5.97 Å². The molecule has 0 aromatic heterocycles. The molecule has 0 bridgehead atoms. The van der Waals surface area contributed by atoms with Gasteiger partial charge < -0.3 is 15.8 Å². The molecule has 1 aliphatic carbocycles. The zero-order valence-corrected chi connectivity index (χ0v) is 12.3. The van der Waals surface area contributed by atoms with Crippen LogP contribution in [0.1, 0.15) is 49.9 Å². The number of nitrogens with two attached hydrogens (primary N) is 1. The lowest BCUT2D eigenvalue weighted by molar-refractivity contribution is 0.0527. The number of rotatable bonds is 4. The van der Waals surface area contributed by atoms with Crippen LogP contribution in [0.5, 0.6) is 0 Å². The molecular formula is C16H24N2O2. The average Bonchev–Trinajstić information content (AvgIpc) is 2.43. The largest absolute Gasteiger partial charge is 0.462 e. The number of nitrogen functional groups attached to an aromatic ring is 1. The zero-order chi connectivity index (χ0) is 14.5. The van der Waals surface area contributed by atoms with Gasteiger partial charge in [0.2, 0.25) is 0 Å². The molecule has 110 valence electrons. The molecule has 0 spiro atoms. The van der Waals surface area contributed by atoms with E-state index in [4.69, 9.17) is 10.5 Å². The molecule has 1 saturated carbocycles. The minimum absolute atomic E-state index is 0.356. The summed E-state index contributed by atoms with van der Waals surface area (Å²) in [5.41, 5.74) is 7.70.